The molecule has 0 aliphatic carbocycles. The minimum absolute atomic E-state index is 0.175. The van der Waals surface area contributed by atoms with E-state index in [9.17, 15) is 9.90 Å². The van der Waals surface area contributed by atoms with Gasteiger partial charge >= 0.3 is 0 Å². The van der Waals surface area contributed by atoms with Gasteiger partial charge in [0.2, 0.25) is 0 Å². The van der Waals surface area contributed by atoms with Crippen LogP contribution in [-0.2, 0) is 4.79 Å². The predicted octanol–water partition coefficient (Wildman–Crippen LogP) is 2.96. The van der Waals surface area contributed by atoms with Gasteiger partial charge in [-0.1, -0.05) is 23.7 Å². The number of carbonyl (C=O) groups excluding carboxylic acids is 1. The van der Waals surface area contributed by atoms with Crippen LogP contribution in [0.5, 0.6) is 11.5 Å². The van der Waals surface area contributed by atoms with E-state index in [2.05, 4.69) is 10.5 Å². The van der Waals surface area contributed by atoms with Crippen LogP contribution in [0.2, 0.25) is 5.02 Å². The van der Waals surface area contributed by atoms with Gasteiger partial charge in [0.1, 0.15) is 11.5 Å². The van der Waals surface area contributed by atoms with Crippen molar-refractivity contribution in [3.05, 3.63) is 59.1 Å². The smallest absolute Gasteiger partial charge is 0.277 e. The highest BCUT2D eigenvalue weighted by atomic mass is 35.5. The number of amides is 1. The molecule has 114 valence electrons. The van der Waals surface area contributed by atoms with Crippen molar-refractivity contribution < 1.29 is 14.6 Å². The van der Waals surface area contributed by atoms with Gasteiger partial charge in [0.25, 0.3) is 5.91 Å². The molecule has 0 saturated carbocycles. The van der Waals surface area contributed by atoms with Crippen LogP contribution in [-0.4, -0.2) is 23.3 Å². The zero-order chi connectivity index (χ0) is 15.9. The van der Waals surface area contributed by atoms with Crippen molar-refractivity contribution in [1.29, 1.82) is 0 Å². The van der Waals surface area contributed by atoms with Crippen molar-refractivity contribution in [2.75, 3.05) is 6.61 Å². The van der Waals surface area contributed by atoms with Gasteiger partial charge in [0.05, 0.1) is 10.7 Å². The number of phenolic OH excluding ortho intramolecular Hbond substituents is 1. The molecule has 2 aromatic rings. The maximum absolute atomic E-state index is 11.7. The average Bonchev–Trinajstić information content (AvgIpc) is 2.52. The van der Waals surface area contributed by atoms with Crippen LogP contribution < -0.4 is 10.2 Å². The Hall–Kier alpha value is -2.53. The van der Waals surface area contributed by atoms with Crippen molar-refractivity contribution >= 4 is 23.2 Å². The van der Waals surface area contributed by atoms with Crippen molar-refractivity contribution in [3.63, 3.8) is 0 Å². The maximum Gasteiger partial charge on any atom is 0.277 e. The number of nitrogens with one attached hydrogen (secondary N) is 1. The van der Waals surface area contributed by atoms with E-state index in [0.29, 0.717) is 16.5 Å². The third-order valence-electron chi connectivity index (χ3n) is 2.83. The molecule has 5 nitrogen and oxygen atoms in total. The zero-order valence-corrected chi connectivity index (χ0v) is 12.7. The number of hydrogen-bond donors (Lipinski definition) is 2. The Labute approximate surface area is 133 Å². The average molecular weight is 319 g/mol. The summed E-state index contributed by atoms with van der Waals surface area (Å²) in [4.78, 5) is 11.7. The molecular weight excluding hydrogens is 304 g/mol. The molecule has 0 spiro atoms. The summed E-state index contributed by atoms with van der Waals surface area (Å²) < 4.78 is 5.31. The molecule has 0 radical (unpaired) electrons. The SMILES string of the molecule is CC(=NNC(=O)COc1ccccc1Cl)c1ccc(O)cc1. The monoisotopic (exact) mass is 318 g/mol. The summed E-state index contributed by atoms with van der Waals surface area (Å²) >= 11 is 5.92. The summed E-state index contributed by atoms with van der Waals surface area (Å²) in [7, 11) is 0. The molecule has 1 amide bonds. The molecule has 0 saturated heterocycles. The van der Waals surface area contributed by atoms with Gasteiger partial charge in [-0.05, 0) is 48.9 Å². The first-order chi connectivity index (χ1) is 10.6. The van der Waals surface area contributed by atoms with Gasteiger partial charge in [-0.25, -0.2) is 5.43 Å². The van der Waals surface area contributed by atoms with Gasteiger partial charge in [-0.15, -0.1) is 0 Å². The lowest BCUT2D eigenvalue weighted by Gasteiger charge is -2.07. The van der Waals surface area contributed by atoms with E-state index in [1.165, 1.54) is 0 Å². The standard InChI is InChI=1S/C16H15ClN2O3/c1-11(12-6-8-13(20)9-7-12)18-19-16(21)10-22-15-5-3-2-4-14(15)17/h2-9,20H,10H2,1H3,(H,19,21). The van der Waals surface area contributed by atoms with Crippen LogP contribution in [0.4, 0.5) is 0 Å². The Morgan fingerprint density at radius 1 is 1.23 bits per heavy atom. The fourth-order valence-electron chi connectivity index (χ4n) is 1.65. The molecule has 2 aromatic carbocycles. The Morgan fingerprint density at radius 2 is 1.91 bits per heavy atom. The second-order valence-electron chi connectivity index (χ2n) is 4.50. The lowest BCUT2D eigenvalue weighted by Crippen LogP contribution is -2.25. The van der Waals surface area contributed by atoms with Gasteiger partial charge in [0.15, 0.2) is 6.61 Å². The molecule has 6 heteroatoms. The van der Waals surface area contributed by atoms with E-state index in [1.54, 1.807) is 55.5 Å². The Kier molecular flexibility index (Phi) is 5.38. The summed E-state index contributed by atoms with van der Waals surface area (Å²) in [6.07, 6.45) is 0. The van der Waals surface area contributed by atoms with Gasteiger partial charge in [-0.2, -0.15) is 5.10 Å². The molecule has 0 unspecified atom stereocenters. The fraction of sp³-hybridized carbons (Fsp3) is 0.125. The minimum atomic E-state index is -0.391. The molecule has 0 aliphatic heterocycles. The molecule has 0 aliphatic rings. The Balaban J connectivity index is 1.88. The van der Waals surface area contributed by atoms with Gasteiger partial charge < -0.3 is 9.84 Å². The predicted molar refractivity (Wildman–Crippen MR) is 85.4 cm³/mol. The largest absolute Gasteiger partial charge is 0.508 e. The minimum Gasteiger partial charge on any atom is -0.508 e. The first-order valence-corrected chi connectivity index (χ1v) is 6.94. The number of hydrazone groups is 1. The zero-order valence-electron chi connectivity index (χ0n) is 11.9. The van der Waals surface area contributed by atoms with Crippen LogP contribution in [0, 0.1) is 0 Å². The van der Waals surface area contributed by atoms with Gasteiger partial charge in [0, 0.05) is 0 Å². The van der Waals surface area contributed by atoms with Crippen molar-refractivity contribution in [2.24, 2.45) is 5.10 Å². The van der Waals surface area contributed by atoms with Crippen molar-refractivity contribution in [2.45, 2.75) is 6.92 Å². The highest BCUT2D eigenvalue weighted by Crippen LogP contribution is 2.22. The van der Waals surface area contributed by atoms with Crippen LogP contribution >= 0.6 is 11.6 Å². The number of phenols is 1. The van der Waals surface area contributed by atoms with Crippen LogP contribution in [0.15, 0.2) is 53.6 Å². The second kappa shape index (κ2) is 7.47. The number of nitrogens with zero attached hydrogens (tertiary/aromatic N) is 1. The third-order valence-corrected chi connectivity index (χ3v) is 3.14. The summed E-state index contributed by atoms with van der Waals surface area (Å²) in [6.45, 7) is 1.57. The molecule has 0 heterocycles. The van der Waals surface area contributed by atoms with Crippen molar-refractivity contribution in [1.82, 2.24) is 5.43 Å². The summed E-state index contributed by atoms with van der Waals surface area (Å²) in [5.41, 5.74) is 3.82. The molecule has 22 heavy (non-hydrogen) atoms. The van der Waals surface area contributed by atoms with Crippen LogP contribution in [0.25, 0.3) is 0 Å². The molecular formula is C16H15ClN2O3. The number of carbonyl (C=O) groups is 1. The highest BCUT2D eigenvalue weighted by Gasteiger charge is 2.05. The molecule has 0 bridgehead atoms. The van der Waals surface area contributed by atoms with Gasteiger partial charge in [-0.3, -0.25) is 4.79 Å². The van der Waals surface area contributed by atoms with E-state index >= 15 is 0 Å². The number of benzene rings is 2. The number of rotatable bonds is 5. The second-order valence-corrected chi connectivity index (χ2v) is 4.91. The lowest BCUT2D eigenvalue weighted by molar-refractivity contribution is -0.123. The topological polar surface area (TPSA) is 70.9 Å². The molecule has 0 fully saturated rings. The maximum atomic E-state index is 11.7. The summed E-state index contributed by atoms with van der Waals surface area (Å²) in [6, 6.07) is 13.4. The quantitative estimate of drug-likeness (QED) is 0.657. The molecule has 0 aromatic heterocycles. The normalized spacial score (nSPS) is 11.1. The highest BCUT2D eigenvalue weighted by molar-refractivity contribution is 6.32. The van der Waals surface area contributed by atoms with E-state index in [0.717, 1.165) is 5.56 Å². The summed E-state index contributed by atoms with van der Waals surface area (Å²) in [5.74, 6) is 0.227. The van der Waals surface area contributed by atoms with E-state index in [4.69, 9.17) is 16.3 Å². The number of hydrogen-bond acceptors (Lipinski definition) is 4. The first kappa shape index (κ1) is 15.9. The fourth-order valence-corrected chi connectivity index (χ4v) is 1.84. The van der Waals surface area contributed by atoms with Crippen LogP contribution in [0.3, 0.4) is 0 Å². The first-order valence-electron chi connectivity index (χ1n) is 6.56. The third kappa shape index (κ3) is 4.49. The number of aromatic hydroxyl groups is 1. The Morgan fingerprint density at radius 3 is 2.59 bits per heavy atom. The summed E-state index contributed by atoms with van der Waals surface area (Å²) in [5, 5.41) is 13.6. The Bertz CT molecular complexity index is 684. The number of para-hydroxylation sites is 1. The van der Waals surface area contributed by atoms with Crippen molar-refractivity contribution in [3.8, 4) is 11.5 Å². The number of ether oxygens (including phenoxy) is 1. The number of halogens is 1. The molecule has 2 N–H and O–H groups in total. The molecule has 0 atom stereocenters. The van der Waals surface area contributed by atoms with E-state index in [-0.39, 0.29) is 12.4 Å². The van der Waals surface area contributed by atoms with E-state index < -0.39 is 5.91 Å². The molecule has 2 rings (SSSR count). The lowest BCUT2D eigenvalue weighted by atomic mass is 10.1. The van der Waals surface area contributed by atoms with E-state index in [1.807, 2.05) is 0 Å². The van der Waals surface area contributed by atoms with Crippen LogP contribution in [0.1, 0.15) is 12.5 Å².